The molecule has 2 heterocycles. The zero-order chi connectivity index (χ0) is 13.7. The van der Waals surface area contributed by atoms with E-state index in [1.54, 1.807) is 6.07 Å². The normalized spacial score (nSPS) is 20.1. The van der Waals surface area contributed by atoms with Crippen molar-refractivity contribution in [2.75, 3.05) is 13.1 Å². The zero-order valence-electron chi connectivity index (χ0n) is 11.5. The maximum absolute atomic E-state index is 12.3. The van der Waals surface area contributed by atoms with E-state index in [1.165, 1.54) is 31.5 Å². The number of carbonyl (C=O) groups excluding carboxylic acids is 1. The minimum Gasteiger partial charge on any atom is -0.339 e. The predicted molar refractivity (Wildman–Crippen MR) is 75.2 cm³/mol. The number of hydrogen-bond acceptors (Lipinski definition) is 2. The van der Waals surface area contributed by atoms with Gasteiger partial charge < -0.3 is 9.88 Å². The van der Waals surface area contributed by atoms with Gasteiger partial charge in [-0.1, -0.05) is 19.8 Å². The molecule has 1 amide bonds. The van der Waals surface area contributed by atoms with Crippen LogP contribution in [0.1, 0.15) is 49.4 Å². The molecule has 104 valence electrons. The molecule has 1 aliphatic heterocycles. The average Bonchev–Trinajstić information content (AvgIpc) is 2.64. The number of pyridine rings is 1. The van der Waals surface area contributed by atoms with Crippen LogP contribution in [-0.4, -0.2) is 28.9 Å². The van der Waals surface area contributed by atoms with E-state index in [1.807, 2.05) is 4.90 Å². The summed E-state index contributed by atoms with van der Waals surface area (Å²) in [6, 6.07) is 3.06. The van der Waals surface area contributed by atoms with Crippen molar-refractivity contribution in [2.24, 2.45) is 5.92 Å². The first-order valence-corrected chi connectivity index (χ1v) is 7.18. The first-order chi connectivity index (χ1) is 9.20. The number of nitrogens with zero attached hydrogens (tertiary/aromatic N) is 1. The van der Waals surface area contributed by atoms with Gasteiger partial charge >= 0.3 is 0 Å². The van der Waals surface area contributed by atoms with Gasteiger partial charge in [-0.3, -0.25) is 9.59 Å². The maximum atomic E-state index is 12.3. The van der Waals surface area contributed by atoms with Gasteiger partial charge in [-0.2, -0.15) is 0 Å². The SMILES string of the molecule is CCCC1CCCN(C(=O)c2cc[nH]c(=O)c2)CC1. The molecule has 1 unspecified atom stereocenters. The summed E-state index contributed by atoms with van der Waals surface area (Å²) in [5.41, 5.74) is 0.280. The first kappa shape index (κ1) is 13.8. The highest BCUT2D eigenvalue weighted by Gasteiger charge is 2.21. The van der Waals surface area contributed by atoms with E-state index >= 15 is 0 Å². The van der Waals surface area contributed by atoms with Gasteiger partial charge in [-0.15, -0.1) is 0 Å². The number of amides is 1. The van der Waals surface area contributed by atoms with Crippen LogP contribution in [0.2, 0.25) is 0 Å². The largest absolute Gasteiger partial charge is 0.339 e. The molecule has 1 aromatic heterocycles. The van der Waals surface area contributed by atoms with Crippen molar-refractivity contribution in [2.45, 2.75) is 39.0 Å². The van der Waals surface area contributed by atoms with Crippen LogP contribution in [0.25, 0.3) is 0 Å². The van der Waals surface area contributed by atoms with Gasteiger partial charge in [0.25, 0.3) is 5.91 Å². The Labute approximate surface area is 113 Å². The Morgan fingerprint density at radius 1 is 1.42 bits per heavy atom. The molecule has 0 spiro atoms. The van der Waals surface area contributed by atoms with Crippen molar-refractivity contribution in [1.82, 2.24) is 9.88 Å². The van der Waals surface area contributed by atoms with Gasteiger partial charge in [0.15, 0.2) is 0 Å². The van der Waals surface area contributed by atoms with E-state index in [-0.39, 0.29) is 11.5 Å². The molecule has 1 aromatic rings. The number of H-pyrrole nitrogens is 1. The molecule has 1 saturated heterocycles. The van der Waals surface area contributed by atoms with Crippen molar-refractivity contribution in [3.63, 3.8) is 0 Å². The van der Waals surface area contributed by atoms with Crippen LogP contribution in [0, 0.1) is 5.92 Å². The Bertz CT molecular complexity index is 481. The lowest BCUT2D eigenvalue weighted by atomic mass is 9.96. The molecule has 1 N–H and O–H groups in total. The van der Waals surface area contributed by atoms with Gasteiger partial charge in [-0.25, -0.2) is 0 Å². The summed E-state index contributed by atoms with van der Waals surface area (Å²) in [6.45, 7) is 3.84. The highest BCUT2D eigenvalue weighted by Crippen LogP contribution is 2.22. The second-order valence-electron chi connectivity index (χ2n) is 5.32. The lowest BCUT2D eigenvalue weighted by molar-refractivity contribution is 0.0759. The number of carbonyl (C=O) groups is 1. The van der Waals surface area contributed by atoms with Crippen LogP contribution in [0.3, 0.4) is 0 Å². The third-order valence-electron chi connectivity index (χ3n) is 3.85. The van der Waals surface area contributed by atoms with Crippen LogP contribution >= 0.6 is 0 Å². The van der Waals surface area contributed by atoms with Gasteiger partial charge in [-0.05, 0) is 31.2 Å². The lowest BCUT2D eigenvalue weighted by Crippen LogP contribution is -2.32. The van der Waals surface area contributed by atoms with Gasteiger partial charge in [0, 0.05) is 30.9 Å². The fourth-order valence-corrected chi connectivity index (χ4v) is 2.83. The topological polar surface area (TPSA) is 53.2 Å². The Morgan fingerprint density at radius 3 is 3.00 bits per heavy atom. The van der Waals surface area contributed by atoms with Crippen LogP contribution in [-0.2, 0) is 0 Å². The predicted octanol–water partition coefficient (Wildman–Crippen LogP) is 2.42. The van der Waals surface area contributed by atoms with E-state index in [4.69, 9.17) is 0 Å². The standard InChI is InChI=1S/C15H22N2O2/c1-2-4-12-5-3-9-17(10-7-12)15(19)13-6-8-16-14(18)11-13/h6,8,11-12H,2-5,7,9-10H2,1H3,(H,16,18). The number of nitrogens with one attached hydrogen (secondary N) is 1. The van der Waals surface area contributed by atoms with Crippen LogP contribution < -0.4 is 5.56 Å². The molecule has 0 saturated carbocycles. The van der Waals surface area contributed by atoms with Gasteiger partial charge in [0.2, 0.25) is 5.56 Å². The molecular formula is C15H22N2O2. The molecule has 0 aliphatic carbocycles. The van der Waals surface area contributed by atoms with E-state index in [2.05, 4.69) is 11.9 Å². The molecule has 1 atom stereocenters. The summed E-state index contributed by atoms with van der Waals surface area (Å²) in [4.78, 5) is 28.0. The Hall–Kier alpha value is -1.58. The minimum atomic E-state index is -0.218. The first-order valence-electron chi connectivity index (χ1n) is 7.18. The van der Waals surface area contributed by atoms with E-state index in [0.29, 0.717) is 5.56 Å². The summed E-state index contributed by atoms with van der Waals surface area (Å²) in [6.07, 6.45) is 7.38. The Kier molecular flexibility index (Phi) is 4.77. The molecule has 1 fully saturated rings. The molecule has 0 bridgehead atoms. The fourth-order valence-electron chi connectivity index (χ4n) is 2.83. The monoisotopic (exact) mass is 262 g/mol. The third kappa shape index (κ3) is 3.69. The summed E-state index contributed by atoms with van der Waals surface area (Å²) in [5.74, 6) is 0.741. The van der Waals surface area contributed by atoms with Crippen LogP contribution in [0.4, 0.5) is 0 Å². The molecular weight excluding hydrogens is 240 g/mol. The molecule has 4 nitrogen and oxygen atoms in total. The Morgan fingerprint density at radius 2 is 2.26 bits per heavy atom. The highest BCUT2D eigenvalue weighted by atomic mass is 16.2. The Balaban J connectivity index is 2.02. The number of rotatable bonds is 3. The van der Waals surface area contributed by atoms with Crippen molar-refractivity contribution in [1.29, 1.82) is 0 Å². The van der Waals surface area contributed by atoms with Crippen molar-refractivity contribution in [3.8, 4) is 0 Å². The molecule has 1 aliphatic rings. The zero-order valence-corrected chi connectivity index (χ0v) is 11.5. The molecule has 0 aromatic carbocycles. The van der Waals surface area contributed by atoms with E-state index < -0.39 is 0 Å². The molecule has 0 radical (unpaired) electrons. The van der Waals surface area contributed by atoms with Gasteiger partial charge in [0.05, 0.1) is 0 Å². The minimum absolute atomic E-state index is 0.0109. The van der Waals surface area contributed by atoms with Crippen molar-refractivity contribution >= 4 is 5.91 Å². The highest BCUT2D eigenvalue weighted by molar-refractivity contribution is 5.94. The lowest BCUT2D eigenvalue weighted by Gasteiger charge is -2.20. The summed E-state index contributed by atoms with van der Waals surface area (Å²) >= 11 is 0. The van der Waals surface area contributed by atoms with Crippen molar-refractivity contribution < 1.29 is 4.79 Å². The van der Waals surface area contributed by atoms with Crippen LogP contribution in [0.15, 0.2) is 23.1 Å². The molecule has 4 heteroatoms. The van der Waals surface area contributed by atoms with Gasteiger partial charge in [0.1, 0.15) is 0 Å². The fraction of sp³-hybridized carbons (Fsp3) is 0.600. The molecule has 2 rings (SSSR count). The van der Waals surface area contributed by atoms with Crippen LogP contribution in [0.5, 0.6) is 0 Å². The third-order valence-corrected chi connectivity index (χ3v) is 3.85. The number of likely N-dealkylation sites (tertiary alicyclic amines) is 1. The summed E-state index contributed by atoms with van der Waals surface area (Å²) in [5, 5.41) is 0. The maximum Gasteiger partial charge on any atom is 0.254 e. The van der Waals surface area contributed by atoms with E-state index in [0.717, 1.165) is 31.8 Å². The summed E-state index contributed by atoms with van der Waals surface area (Å²) < 4.78 is 0. The van der Waals surface area contributed by atoms with E-state index in [9.17, 15) is 9.59 Å². The number of hydrogen-bond donors (Lipinski definition) is 1. The molecule has 19 heavy (non-hydrogen) atoms. The smallest absolute Gasteiger partial charge is 0.254 e. The quantitative estimate of drug-likeness (QED) is 0.909. The summed E-state index contributed by atoms with van der Waals surface area (Å²) in [7, 11) is 0. The number of aromatic amines is 1. The second kappa shape index (κ2) is 6.55. The average molecular weight is 262 g/mol. The second-order valence-corrected chi connectivity index (χ2v) is 5.32. The van der Waals surface area contributed by atoms with Crippen molar-refractivity contribution in [3.05, 3.63) is 34.2 Å². The number of aromatic nitrogens is 1.